The normalized spacial score (nSPS) is 23.0. The Hall–Kier alpha value is -2.54. The number of amides is 1. The fourth-order valence-corrected chi connectivity index (χ4v) is 5.87. The second-order valence-corrected chi connectivity index (χ2v) is 9.70. The molecule has 3 atom stereocenters. The Balaban J connectivity index is 1.44. The van der Waals surface area contributed by atoms with E-state index in [1.165, 1.54) is 38.5 Å². The van der Waals surface area contributed by atoms with E-state index in [4.69, 9.17) is 4.74 Å². The average molecular weight is 415 g/mol. The van der Waals surface area contributed by atoms with Crippen molar-refractivity contribution in [3.63, 3.8) is 0 Å². The number of carbonyl (C=O) groups excluding carboxylic acids is 1. The molecule has 2 aliphatic carbocycles. The van der Waals surface area contributed by atoms with Gasteiger partial charge in [-0.25, -0.2) is 8.42 Å². The second-order valence-electron chi connectivity index (χ2n) is 8.02. The van der Waals surface area contributed by atoms with Crippen molar-refractivity contribution < 1.29 is 17.9 Å². The fourth-order valence-electron chi connectivity index (χ4n) is 4.75. The molecule has 29 heavy (non-hydrogen) atoms. The summed E-state index contributed by atoms with van der Waals surface area (Å²) in [5.74, 6) is 2.34. The summed E-state index contributed by atoms with van der Waals surface area (Å²) in [6.45, 7) is 0. The minimum Gasteiger partial charge on any atom is -0.495 e. The van der Waals surface area contributed by atoms with E-state index >= 15 is 0 Å². The van der Waals surface area contributed by atoms with E-state index < -0.39 is 10.0 Å². The molecule has 6 nitrogen and oxygen atoms in total. The number of fused-ring (bicyclic) bond motifs is 2. The number of anilines is 2. The molecule has 154 valence electrons. The highest BCUT2D eigenvalue weighted by Gasteiger charge is 2.40. The van der Waals surface area contributed by atoms with Crippen LogP contribution in [0.4, 0.5) is 11.4 Å². The molecule has 1 amide bonds. The molecule has 2 N–H and O–H groups in total. The van der Waals surface area contributed by atoms with Crippen molar-refractivity contribution in [2.24, 2.45) is 17.8 Å². The Kier molecular flexibility index (Phi) is 5.50. The van der Waals surface area contributed by atoms with Crippen molar-refractivity contribution in [3.8, 4) is 5.75 Å². The van der Waals surface area contributed by atoms with Gasteiger partial charge in [0.25, 0.3) is 10.0 Å². The Labute approximate surface area is 171 Å². The third kappa shape index (κ3) is 4.40. The molecule has 2 aliphatic rings. The van der Waals surface area contributed by atoms with Gasteiger partial charge in [-0.1, -0.05) is 24.6 Å². The maximum atomic E-state index is 12.8. The van der Waals surface area contributed by atoms with Crippen molar-refractivity contribution in [2.45, 2.75) is 37.0 Å². The molecule has 0 aliphatic heterocycles. The summed E-state index contributed by atoms with van der Waals surface area (Å²) in [5.41, 5.74) is 0.849. The van der Waals surface area contributed by atoms with Gasteiger partial charge in [0.15, 0.2) is 0 Å². The zero-order valence-corrected chi connectivity index (χ0v) is 17.2. The molecule has 2 saturated carbocycles. The molecular formula is C22H26N2O4S. The number of para-hydroxylation sites is 2. The van der Waals surface area contributed by atoms with Crippen molar-refractivity contribution >= 4 is 27.3 Å². The Morgan fingerprint density at radius 2 is 1.93 bits per heavy atom. The van der Waals surface area contributed by atoms with Gasteiger partial charge in [-0.15, -0.1) is 0 Å². The van der Waals surface area contributed by atoms with Gasteiger partial charge in [0, 0.05) is 12.1 Å². The van der Waals surface area contributed by atoms with Crippen LogP contribution in [-0.2, 0) is 14.8 Å². The molecule has 0 unspecified atom stereocenters. The quantitative estimate of drug-likeness (QED) is 0.709. The van der Waals surface area contributed by atoms with Crippen LogP contribution in [0, 0.1) is 17.8 Å². The number of ether oxygens (including phenoxy) is 1. The van der Waals surface area contributed by atoms with Crippen LogP contribution in [0.2, 0.25) is 0 Å². The molecule has 2 aromatic carbocycles. The fraction of sp³-hybridized carbons (Fsp3) is 0.409. The highest BCUT2D eigenvalue weighted by Crippen LogP contribution is 2.49. The lowest BCUT2D eigenvalue weighted by molar-refractivity contribution is -0.117. The van der Waals surface area contributed by atoms with Crippen LogP contribution in [0.1, 0.15) is 32.1 Å². The second kappa shape index (κ2) is 8.06. The van der Waals surface area contributed by atoms with Crippen LogP contribution in [0.25, 0.3) is 0 Å². The first-order valence-corrected chi connectivity index (χ1v) is 11.5. The summed E-state index contributed by atoms with van der Waals surface area (Å²) in [5, 5.41) is 2.87. The predicted molar refractivity (Wildman–Crippen MR) is 112 cm³/mol. The van der Waals surface area contributed by atoms with E-state index in [-0.39, 0.29) is 10.8 Å². The monoisotopic (exact) mass is 414 g/mol. The van der Waals surface area contributed by atoms with E-state index in [1.807, 2.05) is 0 Å². The molecule has 0 heterocycles. The molecule has 4 rings (SSSR count). The van der Waals surface area contributed by atoms with E-state index in [9.17, 15) is 13.2 Å². The first kappa shape index (κ1) is 19.8. The highest BCUT2D eigenvalue weighted by molar-refractivity contribution is 7.92. The van der Waals surface area contributed by atoms with Crippen molar-refractivity contribution in [1.29, 1.82) is 0 Å². The van der Waals surface area contributed by atoms with Crippen LogP contribution in [0.3, 0.4) is 0 Å². The molecule has 2 bridgehead atoms. The third-order valence-electron chi connectivity index (χ3n) is 6.11. The number of nitrogens with one attached hydrogen (secondary N) is 2. The molecule has 2 fully saturated rings. The number of carbonyl (C=O) groups is 1. The lowest BCUT2D eigenvalue weighted by Gasteiger charge is -2.21. The molecule has 0 spiro atoms. The van der Waals surface area contributed by atoms with Gasteiger partial charge in [-0.3, -0.25) is 9.52 Å². The third-order valence-corrected chi connectivity index (χ3v) is 7.47. The topological polar surface area (TPSA) is 84.5 Å². The predicted octanol–water partition coefficient (Wildman–Crippen LogP) is 4.26. The Morgan fingerprint density at radius 3 is 2.66 bits per heavy atom. The zero-order valence-electron chi connectivity index (χ0n) is 16.4. The number of benzene rings is 2. The molecule has 0 aromatic heterocycles. The molecule has 0 saturated heterocycles. The minimum atomic E-state index is -3.81. The first-order valence-electron chi connectivity index (χ1n) is 10.0. The standard InChI is InChI=1S/C22H26N2O4S/c1-28-21-8-3-2-7-20(21)24-29(26,27)19-6-4-5-18(14-19)23-22(25)13-17-12-15-9-10-16(17)11-15/h2-8,14-17,24H,9-13H2,1H3,(H,23,25)/t15-,16-,17-/m1/s1. The van der Waals surface area contributed by atoms with Gasteiger partial charge in [-0.2, -0.15) is 0 Å². The van der Waals surface area contributed by atoms with Gasteiger partial charge in [-0.05, 0) is 67.3 Å². The molecular weight excluding hydrogens is 388 g/mol. The number of methoxy groups -OCH3 is 1. The molecule has 0 radical (unpaired) electrons. The van der Waals surface area contributed by atoms with Gasteiger partial charge >= 0.3 is 0 Å². The number of hydrogen-bond acceptors (Lipinski definition) is 4. The zero-order chi connectivity index (χ0) is 20.4. The van der Waals surface area contributed by atoms with E-state index in [0.717, 1.165) is 12.3 Å². The molecule has 2 aromatic rings. The highest BCUT2D eigenvalue weighted by atomic mass is 32.2. The molecule has 7 heteroatoms. The van der Waals surface area contributed by atoms with Gasteiger partial charge in [0.2, 0.25) is 5.91 Å². The van der Waals surface area contributed by atoms with Crippen LogP contribution in [0.15, 0.2) is 53.4 Å². The van der Waals surface area contributed by atoms with Gasteiger partial charge in [0.1, 0.15) is 5.75 Å². The summed E-state index contributed by atoms with van der Waals surface area (Å²) in [7, 11) is -2.33. The summed E-state index contributed by atoms with van der Waals surface area (Å²) in [6.07, 6.45) is 5.47. The van der Waals surface area contributed by atoms with E-state index in [2.05, 4.69) is 10.0 Å². The van der Waals surface area contributed by atoms with E-state index in [0.29, 0.717) is 35.4 Å². The summed E-state index contributed by atoms with van der Waals surface area (Å²) in [6, 6.07) is 13.1. The Bertz CT molecular complexity index is 1010. The summed E-state index contributed by atoms with van der Waals surface area (Å²) < 4.78 is 33.3. The number of rotatable bonds is 7. The summed E-state index contributed by atoms with van der Waals surface area (Å²) in [4.78, 5) is 12.6. The lowest BCUT2D eigenvalue weighted by Crippen LogP contribution is -2.20. The smallest absolute Gasteiger partial charge is 0.262 e. The van der Waals surface area contributed by atoms with Crippen LogP contribution in [0.5, 0.6) is 5.75 Å². The van der Waals surface area contributed by atoms with Crippen molar-refractivity contribution in [2.75, 3.05) is 17.1 Å². The van der Waals surface area contributed by atoms with Crippen LogP contribution >= 0.6 is 0 Å². The SMILES string of the molecule is COc1ccccc1NS(=O)(=O)c1cccc(NC(=O)C[C@H]2C[C@@H]3CC[C@@H]2C3)c1. The lowest BCUT2D eigenvalue weighted by atomic mass is 9.86. The largest absolute Gasteiger partial charge is 0.495 e. The number of hydrogen-bond donors (Lipinski definition) is 2. The van der Waals surface area contributed by atoms with Gasteiger partial charge < -0.3 is 10.1 Å². The van der Waals surface area contributed by atoms with Crippen LogP contribution in [-0.4, -0.2) is 21.4 Å². The van der Waals surface area contributed by atoms with Gasteiger partial charge in [0.05, 0.1) is 17.7 Å². The average Bonchev–Trinajstić information content (AvgIpc) is 3.31. The minimum absolute atomic E-state index is 0.0465. The Morgan fingerprint density at radius 1 is 1.10 bits per heavy atom. The maximum Gasteiger partial charge on any atom is 0.262 e. The summed E-state index contributed by atoms with van der Waals surface area (Å²) >= 11 is 0. The van der Waals surface area contributed by atoms with Crippen LogP contribution < -0.4 is 14.8 Å². The maximum absolute atomic E-state index is 12.8. The van der Waals surface area contributed by atoms with E-state index in [1.54, 1.807) is 36.4 Å². The van der Waals surface area contributed by atoms with Crippen molar-refractivity contribution in [1.82, 2.24) is 0 Å². The number of sulfonamides is 1. The first-order chi connectivity index (χ1) is 13.9. The van der Waals surface area contributed by atoms with Crippen molar-refractivity contribution in [3.05, 3.63) is 48.5 Å².